The first kappa shape index (κ1) is 16.2. The molecule has 1 N–H and O–H groups in total. The molecule has 0 saturated carbocycles. The maximum atomic E-state index is 13.3. The molecule has 6 nitrogen and oxygen atoms in total. The lowest BCUT2D eigenvalue weighted by atomic mass is 9.80. The zero-order valence-corrected chi connectivity index (χ0v) is 15.2. The van der Waals surface area contributed by atoms with Gasteiger partial charge in [0.15, 0.2) is 0 Å². The Morgan fingerprint density at radius 2 is 2.00 bits per heavy atom. The lowest BCUT2D eigenvalue weighted by Gasteiger charge is -2.43. The van der Waals surface area contributed by atoms with Crippen molar-refractivity contribution in [1.82, 2.24) is 5.32 Å². The van der Waals surface area contributed by atoms with Crippen molar-refractivity contribution in [2.75, 3.05) is 12.0 Å². The van der Waals surface area contributed by atoms with Crippen LogP contribution in [0.2, 0.25) is 0 Å². The second-order valence-corrected chi connectivity index (χ2v) is 8.20. The highest BCUT2D eigenvalue weighted by Gasteiger charge is 2.49. The molecule has 0 spiro atoms. The number of anilines is 1. The maximum Gasteiger partial charge on any atom is 0.290 e. The predicted molar refractivity (Wildman–Crippen MR) is 95.6 cm³/mol. The molecule has 1 aromatic rings. The maximum absolute atomic E-state index is 13.3. The van der Waals surface area contributed by atoms with Crippen LogP contribution >= 0.6 is 11.8 Å². The molecular formula is C18H18N2O4S. The van der Waals surface area contributed by atoms with Gasteiger partial charge >= 0.3 is 0 Å². The van der Waals surface area contributed by atoms with Gasteiger partial charge in [-0.3, -0.25) is 19.7 Å². The number of nitrogens with one attached hydrogen (secondary N) is 1. The van der Waals surface area contributed by atoms with Gasteiger partial charge in [0.2, 0.25) is 0 Å². The number of amides is 3. The molecule has 1 aromatic carbocycles. The molecular weight excluding hydrogens is 340 g/mol. The van der Waals surface area contributed by atoms with Gasteiger partial charge in [-0.1, -0.05) is 6.92 Å². The number of benzene rings is 1. The monoisotopic (exact) mass is 358 g/mol. The summed E-state index contributed by atoms with van der Waals surface area (Å²) in [7, 11) is 1.58. The van der Waals surface area contributed by atoms with Gasteiger partial charge in [-0.05, 0) is 55.6 Å². The molecule has 0 aromatic heterocycles. The van der Waals surface area contributed by atoms with Crippen LogP contribution < -0.4 is 15.0 Å². The Morgan fingerprint density at radius 1 is 1.28 bits per heavy atom. The molecule has 1 saturated heterocycles. The van der Waals surface area contributed by atoms with E-state index >= 15 is 0 Å². The van der Waals surface area contributed by atoms with Crippen molar-refractivity contribution in [2.45, 2.75) is 38.6 Å². The highest BCUT2D eigenvalue weighted by Crippen LogP contribution is 2.54. The van der Waals surface area contributed by atoms with E-state index in [9.17, 15) is 14.4 Å². The van der Waals surface area contributed by atoms with Crippen LogP contribution in [0.4, 0.5) is 10.5 Å². The third-order valence-corrected chi connectivity index (χ3v) is 5.93. The molecule has 130 valence electrons. The first-order chi connectivity index (χ1) is 11.7. The summed E-state index contributed by atoms with van der Waals surface area (Å²) in [6.45, 7) is 6.18. The summed E-state index contributed by atoms with van der Waals surface area (Å²) in [6, 6.07) is 3.74. The summed E-state index contributed by atoms with van der Waals surface area (Å²) >= 11 is 0.783. The van der Waals surface area contributed by atoms with Gasteiger partial charge < -0.3 is 9.64 Å². The van der Waals surface area contributed by atoms with E-state index in [2.05, 4.69) is 12.2 Å². The molecule has 7 heteroatoms. The molecule has 0 aliphatic carbocycles. The number of carbonyl (C=O) groups is 3. The quantitative estimate of drug-likeness (QED) is 0.781. The minimum Gasteiger partial charge on any atom is -0.497 e. The van der Waals surface area contributed by atoms with Crippen molar-refractivity contribution in [3.8, 4) is 5.75 Å². The van der Waals surface area contributed by atoms with Crippen molar-refractivity contribution in [2.24, 2.45) is 0 Å². The van der Waals surface area contributed by atoms with Crippen molar-refractivity contribution < 1.29 is 19.1 Å². The zero-order chi connectivity index (χ0) is 18.1. The molecule has 4 rings (SSSR count). The first-order valence-electron chi connectivity index (χ1n) is 8.09. The molecule has 0 bridgehead atoms. The lowest BCUT2D eigenvalue weighted by molar-refractivity contribution is -0.116. The van der Waals surface area contributed by atoms with E-state index in [4.69, 9.17) is 4.74 Å². The van der Waals surface area contributed by atoms with Crippen molar-refractivity contribution >= 4 is 40.1 Å². The van der Waals surface area contributed by atoms with Crippen LogP contribution in [0.15, 0.2) is 17.0 Å². The highest BCUT2D eigenvalue weighted by molar-refractivity contribution is 8.18. The van der Waals surface area contributed by atoms with Crippen molar-refractivity contribution in [3.63, 3.8) is 0 Å². The number of imide groups is 1. The molecule has 0 radical (unpaired) electrons. The Hall–Kier alpha value is -2.28. The molecule has 1 unspecified atom stereocenters. The normalized spacial score (nSPS) is 26.8. The highest BCUT2D eigenvalue weighted by atomic mass is 32.2. The van der Waals surface area contributed by atoms with Crippen molar-refractivity contribution in [3.05, 3.63) is 28.2 Å². The Bertz CT molecular complexity index is 887. The van der Waals surface area contributed by atoms with Gasteiger partial charge in [-0.15, -0.1) is 0 Å². The minimum atomic E-state index is -0.513. The number of rotatable bonds is 1. The van der Waals surface area contributed by atoms with Crippen LogP contribution in [0.25, 0.3) is 5.57 Å². The van der Waals surface area contributed by atoms with Crippen LogP contribution in [0.5, 0.6) is 5.75 Å². The van der Waals surface area contributed by atoms with E-state index < -0.39 is 11.1 Å². The van der Waals surface area contributed by atoms with Gasteiger partial charge in [0, 0.05) is 11.1 Å². The predicted octanol–water partition coefficient (Wildman–Crippen LogP) is 3.02. The number of nitrogens with zero attached hydrogens (tertiary/aromatic N) is 1. The van der Waals surface area contributed by atoms with E-state index in [-0.39, 0.29) is 22.3 Å². The Kier molecular flexibility index (Phi) is 3.31. The number of thioether (sulfide) groups is 1. The van der Waals surface area contributed by atoms with E-state index in [0.29, 0.717) is 16.9 Å². The standard InChI is InChI=1S/C18H18N2O4S/c1-8-7-18(2,3)20-13-10(8)5-9(24-4)6-11(13)12(16(20)22)14-15(21)19-17(23)25-14/h5-6,8H,7H2,1-4H3,(H,19,21,23)/b14-12-. The number of methoxy groups -OCH3 is 1. The number of carbonyl (C=O) groups excluding carboxylic acids is 3. The van der Waals surface area contributed by atoms with E-state index in [1.165, 1.54) is 0 Å². The molecule has 3 heterocycles. The molecule has 25 heavy (non-hydrogen) atoms. The Morgan fingerprint density at radius 3 is 2.60 bits per heavy atom. The Balaban J connectivity index is 2.06. The van der Waals surface area contributed by atoms with Crippen LogP contribution in [0.3, 0.4) is 0 Å². The molecule has 1 atom stereocenters. The van der Waals surface area contributed by atoms with Gasteiger partial charge in [-0.25, -0.2) is 0 Å². The van der Waals surface area contributed by atoms with Crippen LogP contribution in [0, 0.1) is 0 Å². The van der Waals surface area contributed by atoms with E-state index in [0.717, 1.165) is 29.4 Å². The SMILES string of the molecule is COc1cc2c3c(c1)C(C)CC(C)(C)N3C(=O)/C2=C1\SC(=O)NC1=O. The minimum absolute atomic E-state index is 0.170. The van der Waals surface area contributed by atoms with E-state index in [1.807, 2.05) is 19.9 Å². The fourth-order valence-corrected chi connectivity index (χ4v) is 4.89. The summed E-state index contributed by atoms with van der Waals surface area (Å²) in [5.41, 5.74) is 2.47. The lowest BCUT2D eigenvalue weighted by Crippen LogP contribution is -2.49. The third-order valence-electron chi connectivity index (χ3n) is 5.04. The van der Waals surface area contributed by atoms with Crippen LogP contribution in [-0.2, 0) is 9.59 Å². The number of hydrogen-bond acceptors (Lipinski definition) is 5. The van der Waals surface area contributed by atoms with Crippen molar-refractivity contribution in [1.29, 1.82) is 0 Å². The summed E-state index contributed by atoms with van der Waals surface area (Å²) in [5.74, 6) is 0.149. The third kappa shape index (κ3) is 2.15. The van der Waals surface area contributed by atoms with Gasteiger partial charge in [0.25, 0.3) is 17.1 Å². The van der Waals surface area contributed by atoms with E-state index in [1.54, 1.807) is 18.1 Å². The van der Waals surface area contributed by atoms with Gasteiger partial charge in [0.05, 0.1) is 23.3 Å². The molecule has 3 aliphatic heterocycles. The topological polar surface area (TPSA) is 75.7 Å². The second-order valence-electron chi connectivity index (χ2n) is 7.22. The summed E-state index contributed by atoms with van der Waals surface area (Å²) in [4.78, 5) is 39.0. The average molecular weight is 358 g/mol. The van der Waals surface area contributed by atoms with Gasteiger partial charge in [0.1, 0.15) is 5.75 Å². The summed E-state index contributed by atoms with van der Waals surface area (Å²) in [5, 5.41) is 1.79. The fraction of sp³-hybridized carbons (Fsp3) is 0.389. The average Bonchev–Trinajstić information content (AvgIpc) is 3.00. The van der Waals surface area contributed by atoms with Crippen LogP contribution in [0.1, 0.15) is 44.2 Å². The summed E-state index contributed by atoms with van der Waals surface area (Å²) < 4.78 is 5.41. The molecule has 3 amide bonds. The smallest absolute Gasteiger partial charge is 0.290 e. The summed E-state index contributed by atoms with van der Waals surface area (Å²) in [6.07, 6.45) is 0.805. The zero-order valence-electron chi connectivity index (χ0n) is 14.4. The fourth-order valence-electron chi connectivity index (χ4n) is 4.12. The van der Waals surface area contributed by atoms with Gasteiger partial charge in [-0.2, -0.15) is 0 Å². The number of ether oxygens (including phenoxy) is 1. The largest absolute Gasteiger partial charge is 0.497 e. The molecule has 1 fully saturated rings. The van der Waals surface area contributed by atoms with Crippen LogP contribution in [-0.4, -0.2) is 29.7 Å². The number of hydrogen-bond donors (Lipinski definition) is 1. The Labute approximate surface area is 149 Å². The second kappa shape index (κ2) is 5.11. The molecule has 3 aliphatic rings. The first-order valence-corrected chi connectivity index (χ1v) is 8.90.